The maximum Gasteiger partial charge on any atom is 0.266 e. The SMILES string of the molecule is CCc1sc(C(=O)Nc2sc(C)c(C)c2C#N)cc1Br. The van der Waals surface area contributed by atoms with Crippen molar-refractivity contribution in [1.82, 2.24) is 0 Å². The van der Waals surface area contributed by atoms with Gasteiger partial charge in [0.2, 0.25) is 0 Å². The highest BCUT2D eigenvalue weighted by Gasteiger charge is 2.17. The zero-order valence-corrected chi connectivity index (χ0v) is 14.6. The van der Waals surface area contributed by atoms with E-state index in [0.29, 0.717) is 15.4 Å². The summed E-state index contributed by atoms with van der Waals surface area (Å²) in [5.41, 5.74) is 1.50. The molecular formula is C14H13BrN2OS2. The molecule has 0 saturated heterocycles. The quantitative estimate of drug-likeness (QED) is 0.839. The molecule has 0 spiro atoms. The lowest BCUT2D eigenvalue weighted by atomic mass is 10.2. The fourth-order valence-electron chi connectivity index (χ4n) is 1.77. The molecule has 0 aliphatic carbocycles. The number of thiophene rings is 2. The van der Waals surface area contributed by atoms with Crippen LogP contribution in [0.25, 0.3) is 0 Å². The number of carbonyl (C=O) groups is 1. The molecule has 1 amide bonds. The maximum absolute atomic E-state index is 12.3. The van der Waals surface area contributed by atoms with E-state index in [1.165, 1.54) is 22.7 Å². The zero-order chi connectivity index (χ0) is 14.9. The van der Waals surface area contributed by atoms with Crippen LogP contribution >= 0.6 is 38.6 Å². The summed E-state index contributed by atoms with van der Waals surface area (Å²) in [6, 6.07) is 3.99. The van der Waals surface area contributed by atoms with Crippen LogP contribution in [0.1, 0.15) is 37.5 Å². The zero-order valence-electron chi connectivity index (χ0n) is 11.3. The van der Waals surface area contributed by atoms with Gasteiger partial charge in [-0.1, -0.05) is 6.92 Å². The largest absolute Gasteiger partial charge is 0.312 e. The van der Waals surface area contributed by atoms with E-state index >= 15 is 0 Å². The summed E-state index contributed by atoms with van der Waals surface area (Å²) in [6.45, 7) is 5.91. The van der Waals surface area contributed by atoms with Crippen molar-refractivity contribution in [2.45, 2.75) is 27.2 Å². The molecule has 0 saturated carbocycles. The van der Waals surface area contributed by atoms with Crippen molar-refractivity contribution in [1.29, 1.82) is 5.26 Å². The molecule has 0 aromatic carbocycles. The molecule has 2 aromatic rings. The van der Waals surface area contributed by atoms with E-state index in [-0.39, 0.29) is 5.91 Å². The molecule has 20 heavy (non-hydrogen) atoms. The Bertz CT molecular complexity index is 710. The number of halogens is 1. The molecule has 3 nitrogen and oxygen atoms in total. The van der Waals surface area contributed by atoms with E-state index in [1.807, 2.05) is 19.9 Å². The van der Waals surface area contributed by atoms with Gasteiger partial charge >= 0.3 is 0 Å². The fourth-order valence-corrected chi connectivity index (χ4v) is 4.57. The van der Waals surface area contributed by atoms with Gasteiger partial charge in [0, 0.05) is 14.2 Å². The highest BCUT2D eigenvalue weighted by atomic mass is 79.9. The van der Waals surface area contributed by atoms with Crippen LogP contribution < -0.4 is 5.32 Å². The molecule has 0 aliphatic rings. The lowest BCUT2D eigenvalue weighted by molar-refractivity contribution is 0.103. The average Bonchev–Trinajstić information content (AvgIpc) is 2.91. The highest BCUT2D eigenvalue weighted by molar-refractivity contribution is 9.10. The minimum absolute atomic E-state index is 0.159. The predicted molar refractivity (Wildman–Crippen MR) is 87.9 cm³/mol. The van der Waals surface area contributed by atoms with E-state index in [4.69, 9.17) is 0 Å². The molecular weight excluding hydrogens is 356 g/mol. The number of nitrogens with one attached hydrogen (secondary N) is 1. The number of amides is 1. The van der Waals surface area contributed by atoms with Gasteiger partial charge in [0.05, 0.1) is 10.4 Å². The summed E-state index contributed by atoms with van der Waals surface area (Å²) >= 11 is 6.37. The molecule has 2 heterocycles. The van der Waals surface area contributed by atoms with Crippen molar-refractivity contribution < 1.29 is 4.79 Å². The lowest BCUT2D eigenvalue weighted by Crippen LogP contribution is -2.09. The minimum atomic E-state index is -0.159. The first-order chi connectivity index (χ1) is 9.47. The van der Waals surface area contributed by atoms with Gasteiger partial charge in [0.25, 0.3) is 5.91 Å². The van der Waals surface area contributed by atoms with Gasteiger partial charge in [0.15, 0.2) is 0 Å². The minimum Gasteiger partial charge on any atom is -0.312 e. The first-order valence-electron chi connectivity index (χ1n) is 6.07. The molecule has 1 N–H and O–H groups in total. The maximum atomic E-state index is 12.3. The van der Waals surface area contributed by atoms with Crippen LogP contribution in [0.2, 0.25) is 0 Å². The second-order valence-electron chi connectivity index (χ2n) is 4.29. The van der Waals surface area contributed by atoms with Crippen LogP contribution in [0.3, 0.4) is 0 Å². The van der Waals surface area contributed by atoms with Crippen LogP contribution in [0.5, 0.6) is 0 Å². The number of nitriles is 1. The van der Waals surface area contributed by atoms with Gasteiger partial charge in [-0.05, 0) is 47.8 Å². The predicted octanol–water partition coefficient (Wildman–Crippen LogP) is 4.88. The second-order valence-corrected chi connectivity index (χ2v) is 7.50. The van der Waals surface area contributed by atoms with Crippen LogP contribution in [0, 0.1) is 25.2 Å². The molecule has 2 rings (SSSR count). The van der Waals surface area contributed by atoms with Gasteiger partial charge in [0.1, 0.15) is 11.1 Å². The molecule has 0 unspecified atom stereocenters. The lowest BCUT2D eigenvalue weighted by Gasteiger charge is -2.00. The number of hydrogen-bond acceptors (Lipinski definition) is 4. The Morgan fingerprint density at radius 1 is 1.45 bits per heavy atom. The normalized spacial score (nSPS) is 10.3. The Hall–Kier alpha value is -1.16. The van der Waals surface area contributed by atoms with E-state index in [2.05, 4.69) is 34.2 Å². The average molecular weight is 369 g/mol. The number of anilines is 1. The standard InChI is InChI=1S/C14H13BrN2OS2/c1-4-11-10(15)5-12(20-11)13(18)17-14-9(6-16)7(2)8(3)19-14/h5H,4H2,1-3H3,(H,17,18). The number of hydrogen-bond donors (Lipinski definition) is 1. The van der Waals surface area contributed by atoms with Crippen LogP contribution in [-0.2, 0) is 6.42 Å². The Kier molecular flexibility index (Phi) is 4.63. The van der Waals surface area contributed by atoms with E-state index in [0.717, 1.165) is 26.2 Å². The number of aryl methyl sites for hydroxylation is 2. The molecule has 0 fully saturated rings. The second kappa shape index (κ2) is 6.08. The third kappa shape index (κ3) is 2.80. The third-order valence-corrected chi connectivity index (χ3v) is 6.40. The summed E-state index contributed by atoms with van der Waals surface area (Å²) in [4.78, 5) is 15.1. The van der Waals surface area contributed by atoms with E-state index < -0.39 is 0 Å². The Labute approximate surface area is 134 Å². The Morgan fingerprint density at radius 3 is 2.70 bits per heavy atom. The summed E-state index contributed by atoms with van der Waals surface area (Å²) in [7, 11) is 0. The van der Waals surface area contributed by atoms with E-state index in [9.17, 15) is 10.1 Å². The van der Waals surface area contributed by atoms with Crippen molar-refractivity contribution in [2.24, 2.45) is 0 Å². The number of carbonyl (C=O) groups excluding carboxylic acids is 1. The van der Waals surface area contributed by atoms with Gasteiger partial charge in [-0.15, -0.1) is 22.7 Å². The van der Waals surface area contributed by atoms with Gasteiger partial charge in [-0.25, -0.2) is 0 Å². The van der Waals surface area contributed by atoms with Crippen molar-refractivity contribution >= 4 is 49.5 Å². The van der Waals surface area contributed by atoms with Crippen LogP contribution in [0.4, 0.5) is 5.00 Å². The molecule has 2 aromatic heterocycles. The van der Waals surface area contributed by atoms with Crippen molar-refractivity contribution in [3.63, 3.8) is 0 Å². The van der Waals surface area contributed by atoms with Crippen molar-refractivity contribution in [3.8, 4) is 6.07 Å². The van der Waals surface area contributed by atoms with Gasteiger partial charge < -0.3 is 5.32 Å². The molecule has 0 bridgehead atoms. The molecule has 0 radical (unpaired) electrons. The topological polar surface area (TPSA) is 52.9 Å². The van der Waals surface area contributed by atoms with Crippen molar-refractivity contribution in [2.75, 3.05) is 5.32 Å². The number of nitrogens with zero attached hydrogens (tertiary/aromatic N) is 1. The third-order valence-electron chi connectivity index (χ3n) is 3.03. The molecule has 0 atom stereocenters. The van der Waals surface area contributed by atoms with Gasteiger partial charge in [-0.3, -0.25) is 4.79 Å². The smallest absolute Gasteiger partial charge is 0.266 e. The fraction of sp³-hybridized carbons (Fsp3) is 0.286. The monoisotopic (exact) mass is 368 g/mol. The van der Waals surface area contributed by atoms with Crippen LogP contribution in [-0.4, -0.2) is 5.91 Å². The summed E-state index contributed by atoms with van der Waals surface area (Å²) in [6.07, 6.45) is 0.888. The van der Waals surface area contributed by atoms with Crippen molar-refractivity contribution in [3.05, 3.63) is 36.3 Å². The van der Waals surface area contributed by atoms with E-state index in [1.54, 1.807) is 0 Å². The summed E-state index contributed by atoms with van der Waals surface area (Å²) in [5.74, 6) is -0.159. The Balaban J connectivity index is 2.28. The van der Waals surface area contributed by atoms with Crippen LogP contribution in [0.15, 0.2) is 10.5 Å². The molecule has 6 heteroatoms. The first-order valence-corrected chi connectivity index (χ1v) is 8.50. The first kappa shape index (κ1) is 15.2. The molecule has 104 valence electrons. The summed E-state index contributed by atoms with van der Waals surface area (Å²) < 4.78 is 0.967. The number of rotatable bonds is 3. The van der Waals surface area contributed by atoms with Gasteiger partial charge in [-0.2, -0.15) is 5.26 Å². The summed E-state index contributed by atoms with van der Waals surface area (Å²) in [5, 5.41) is 12.7. The highest BCUT2D eigenvalue weighted by Crippen LogP contribution is 2.33. The Morgan fingerprint density at radius 2 is 2.15 bits per heavy atom. The molecule has 0 aliphatic heterocycles.